The Bertz CT molecular complexity index is 1090. The van der Waals surface area contributed by atoms with Gasteiger partial charge in [-0.1, -0.05) is 35.3 Å². The molecule has 4 rings (SSSR count). The third-order valence-corrected chi connectivity index (χ3v) is 5.52. The number of amides is 1. The second-order valence-corrected chi connectivity index (χ2v) is 8.08. The van der Waals surface area contributed by atoms with Crippen molar-refractivity contribution in [2.75, 3.05) is 24.5 Å². The maximum Gasteiger partial charge on any atom is 0.241 e. The van der Waals surface area contributed by atoms with Crippen molar-refractivity contribution in [3.63, 3.8) is 0 Å². The number of anilines is 1. The number of imidazole rings is 1. The number of benzene rings is 2. The van der Waals surface area contributed by atoms with Crippen LogP contribution in [0.25, 0.3) is 0 Å². The van der Waals surface area contributed by atoms with Gasteiger partial charge in [-0.3, -0.25) is 9.69 Å². The molecule has 1 aliphatic rings. The van der Waals surface area contributed by atoms with Crippen molar-refractivity contribution < 1.29 is 4.79 Å². The summed E-state index contributed by atoms with van der Waals surface area (Å²) >= 11 is 12.2. The van der Waals surface area contributed by atoms with Crippen molar-refractivity contribution >= 4 is 59.6 Å². The Hall–Kier alpha value is -2.27. The van der Waals surface area contributed by atoms with E-state index in [2.05, 4.69) is 20.5 Å². The highest BCUT2D eigenvalue weighted by Crippen LogP contribution is 2.27. The average molecular weight is 513 g/mol. The third-order valence-electron chi connectivity index (χ3n) is 5.08. The Morgan fingerprint density at radius 2 is 1.69 bits per heavy atom. The summed E-state index contributed by atoms with van der Waals surface area (Å²) in [5.41, 5.74) is 3.49. The Morgan fingerprint density at radius 1 is 1.00 bits per heavy atom. The zero-order valence-corrected chi connectivity index (χ0v) is 20.1. The van der Waals surface area contributed by atoms with Gasteiger partial charge in [-0.05, 0) is 35.9 Å². The fraction of sp³-hybridized carbons (Fsp3) is 0.227. The second-order valence-electron chi connectivity index (χ2n) is 7.21. The summed E-state index contributed by atoms with van der Waals surface area (Å²) in [5, 5.41) is 9.96. The van der Waals surface area contributed by atoms with Crippen LogP contribution >= 0.6 is 48.0 Å². The van der Waals surface area contributed by atoms with Gasteiger partial charge in [0, 0.05) is 48.1 Å². The van der Waals surface area contributed by atoms with Crippen LogP contribution in [0.3, 0.4) is 0 Å². The van der Waals surface area contributed by atoms with Gasteiger partial charge in [0.2, 0.25) is 5.91 Å². The summed E-state index contributed by atoms with van der Waals surface area (Å²) in [7, 11) is 0. The van der Waals surface area contributed by atoms with Gasteiger partial charge in [0.15, 0.2) is 0 Å². The number of rotatable bonds is 5. The van der Waals surface area contributed by atoms with Crippen molar-refractivity contribution in [2.24, 2.45) is 0 Å². The minimum atomic E-state index is 0. The quantitative estimate of drug-likeness (QED) is 0.492. The molecule has 1 aliphatic heterocycles. The molecular formula is C22H21Cl4N5O. The molecule has 1 fully saturated rings. The zero-order valence-electron chi connectivity index (χ0n) is 16.9. The molecule has 0 N–H and O–H groups in total. The molecule has 0 radical (unpaired) electrons. The first-order valence-corrected chi connectivity index (χ1v) is 10.2. The van der Waals surface area contributed by atoms with Gasteiger partial charge in [-0.25, -0.2) is 4.98 Å². The molecule has 0 aliphatic carbocycles. The third kappa shape index (κ3) is 6.16. The zero-order chi connectivity index (χ0) is 21.1. The predicted octanol–water partition coefficient (Wildman–Crippen LogP) is 4.80. The number of carbonyl (C=O) groups is 1. The van der Waals surface area contributed by atoms with E-state index in [9.17, 15) is 4.79 Å². The highest BCUT2D eigenvalue weighted by molar-refractivity contribution is 6.35. The first-order valence-electron chi connectivity index (χ1n) is 9.49. The van der Waals surface area contributed by atoms with E-state index >= 15 is 0 Å². The van der Waals surface area contributed by atoms with Crippen LogP contribution < -0.4 is 4.90 Å². The van der Waals surface area contributed by atoms with E-state index in [4.69, 9.17) is 28.5 Å². The molecule has 6 nitrogen and oxygen atoms in total. The SMILES string of the molecule is Cl.Cl.N#Cc1ccc(Cn2cncc2CN2CCN(c3cc(Cl)cc(Cl)c3)C(=O)C2)cc1. The lowest BCUT2D eigenvalue weighted by Crippen LogP contribution is -2.50. The lowest BCUT2D eigenvalue weighted by molar-refractivity contribution is -0.121. The van der Waals surface area contributed by atoms with Crippen LogP contribution in [0, 0.1) is 11.3 Å². The monoisotopic (exact) mass is 511 g/mol. The Kier molecular flexibility index (Phi) is 9.38. The molecule has 2 aromatic carbocycles. The second kappa shape index (κ2) is 11.6. The normalized spacial score (nSPS) is 13.8. The van der Waals surface area contributed by atoms with Crippen molar-refractivity contribution in [3.8, 4) is 6.07 Å². The number of hydrogen-bond donors (Lipinski definition) is 0. The fourth-order valence-corrected chi connectivity index (χ4v) is 4.07. The minimum Gasteiger partial charge on any atom is -0.329 e. The number of carbonyl (C=O) groups excluding carboxylic acids is 1. The summed E-state index contributed by atoms with van der Waals surface area (Å²) in [6.45, 7) is 2.91. The lowest BCUT2D eigenvalue weighted by atomic mass is 10.1. The Morgan fingerprint density at radius 3 is 2.31 bits per heavy atom. The molecule has 1 aromatic heterocycles. The van der Waals surface area contributed by atoms with Crippen LogP contribution in [-0.4, -0.2) is 40.0 Å². The first-order chi connectivity index (χ1) is 14.5. The van der Waals surface area contributed by atoms with Crippen LogP contribution in [0.1, 0.15) is 16.8 Å². The number of halogens is 4. The molecule has 0 bridgehead atoms. The van der Waals surface area contributed by atoms with Crippen LogP contribution in [0.15, 0.2) is 55.0 Å². The van der Waals surface area contributed by atoms with Crippen LogP contribution in [-0.2, 0) is 17.9 Å². The van der Waals surface area contributed by atoms with Crippen LogP contribution in [0.2, 0.25) is 10.0 Å². The number of nitriles is 1. The van der Waals surface area contributed by atoms with Gasteiger partial charge in [0.05, 0.1) is 30.2 Å². The lowest BCUT2D eigenvalue weighted by Gasteiger charge is -2.34. The van der Waals surface area contributed by atoms with Gasteiger partial charge in [-0.15, -0.1) is 24.8 Å². The Labute approximate surface area is 209 Å². The minimum absolute atomic E-state index is 0. The largest absolute Gasteiger partial charge is 0.329 e. The molecule has 1 saturated heterocycles. The number of nitrogens with zero attached hydrogens (tertiary/aromatic N) is 5. The van der Waals surface area contributed by atoms with E-state index in [0.29, 0.717) is 41.8 Å². The number of piperazine rings is 1. The van der Waals surface area contributed by atoms with Crippen LogP contribution in [0.5, 0.6) is 0 Å². The van der Waals surface area contributed by atoms with E-state index < -0.39 is 0 Å². The molecule has 168 valence electrons. The maximum atomic E-state index is 12.7. The average Bonchev–Trinajstić information content (AvgIpc) is 3.14. The fourth-order valence-electron chi connectivity index (χ4n) is 3.56. The summed E-state index contributed by atoms with van der Waals surface area (Å²) in [6.07, 6.45) is 3.62. The van der Waals surface area contributed by atoms with Crippen LogP contribution in [0.4, 0.5) is 5.69 Å². The first kappa shape index (κ1) is 26.0. The summed E-state index contributed by atoms with van der Waals surface area (Å²) in [4.78, 5) is 20.9. The molecule has 10 heteroatoms. The predicted molar refractivity (Wildman–Crippen MR) is 131 cm³/mol. The molecular weight excluding hydrogens is 492 g/mol. The molecule has 2 heterocycles. The van der Waals surface area contributed by atoms with E-state index in [1.165, 1.54) is 0 Å². The summed E-state index contributed by atoms with van der Waals surface area (Å²) in [5.74, 6) is 0.0118. The molecule has 1 amide bonds. The Balaban J connectivity index is 0.00000181. The van der Waals surface area contributed by atoms with Gasteiger partial charge >= 0.3 is 0 Å². The molecule has 3 aromatic rings. The molecule has 0 spiro atoms. The molecule has 32 heavy (non-hydrogen) atoms. The van der Waals surface area contributed by atoms with Gasteiger partial charge in [0.25, 0.3) is 0 Å². The van der Waals surface area contributed by atoms with E-state index in [-0.39, 0.29) is 30.7 Å². The number of aromatic nitrogens is 2. The van der Waals surface area contributed by atoms with Gasteiger partial charge in [-0.2, -0.15) is 5.26 Å². The van der Waals surface area contributed by atoms with E-state index in [1.807, 2.05) is 30.5 Å². The molecule has 0 unspecified atom stereocenters. The topological polar surface area (TPSA) is 65.2 Å². The summed E-state index contributed by atoms with van der Waals surface area (Å²) in [6, 6.07) is 14.8. The smallest absolute Gasteiger partial charge is 0.241 e. The van der Waals surface area contributed by atoms with E-state index in [0.717, 1.165) is 23.5 Å². The van der Waals surface area contributed by atoms with Gasteiger partial charge in [0.1, 0.15) is 0 Å². The van der Waals surface area contributed by atoms with E-state index in [1.54, 1.807) is 29.4 Å². The highest BCUT2D eigenvalue weighted by Gasteiger charge is 2.26. The van der Waals surface area contributed by atoms with Crippen molar-refractivity contribution in [1.29, 1.82) is 5.26 Å². The van der Waals surface area contributed by atoms with Crippen molar-refractivity contribution in [1.82, 2.24) is 14.5 Å². The van der Waals surface area contributed by atoms with Crippen molar-refractivity contribution in [2.45, 2.75) is 13.1 Å². The highest BCUT2D eigenvalue weighted by atomic mass is 35.5. The van der Waals surface area contributed by atoms with Gasteiger partial charge < -0.3 is 9.47 Å². The molecule has 0 saturated carbocycles. The molecule has 0 atom stereocenters. The standard InChI is InChI=1S/C22H19Cl2N5O.2ClH/c23-18-7-19(24)9-20(8-18)29-6-5-27(14-22(29)30)13-21-11-26-15-28(21)12-17-3-1-16(10-25)2-4-17;;/h1-4,7-9,11,15H,5-6,12-14H2;2*1H. The maximum absolute atomic E-state index is 12.7. The van der Waals surface area contributed by atoms with Crippen molar-refractivity contribution in [3.05, 3.63) is 81.9 Å². The number of hydrogen-bond acceptors (Lipinski definition) is 4. The summed E-state index contributed by atoms with van der Waals surface area (Å²) < 4.78 is 2.06.